The van der Waals surface area contributed by atoms with E-state index >= 15 is 0 Å². The fourth-order valence-corrected chi connectivity index (χ4v) is 5.41. The van der Waals surface area contributed by atoms with E-state index in [1.165, 1.54) is 18.4 Å². The third-order valence-electron chi connectivity index (χ3n) is 6.71. The molecule has 6 aromatic rings. The Hall–Kier alpha value is -4.37. The molecule has 0 atom stereocenters. The molecular weight excluding hydrogens is 501 g/mol. The summed E-state index contributed by atoms with van der Waals surface area (Å²) in [4.78, 5) is 12.3. The lowest BCUT2D eigenvalue weighted by Gasteiger charge is -2.07. The van der Waals surface area contributed by atoms with Crippen LogP contribution in [0.3, 0.4) is 0 Å². The van der Waals surface area contributed by atoms with Crippen LogP contribution >= 0.6 is 0 Å². The highest BCUT2D eigenvalue weighted by Crippen LogP contribution is 2.35. The van der Waals surface area contributed by atoms with Gasteiger partial charge in [-0.25, -0.2) is 12.8 Å². The Balaban J connectivity index is 1.44. The molecule has 7 nitrogen and oxygen atoms in total. The second kappa shape index (κ2) is 9.18. The molecule has 9 heteroatoms. The smallest absolute Gasteiger partial charge is 0.147 e. The zero-order valence-electron chi connectivity index (χ0n) is 20.8. The van der Waals surface area contributed by atoms with Gasteiger partial charge in [-0.15, -0.1) is 0 Å². The van der Waals surface area contributed by atoms with Gasteiger partial charge in [-0.05, 0) is 78.6 Å². The molecule has 0 saturated heterocycles. The van der Waals surface area contributed by atoms with Crippen LogP contribution in [0, 0.1) is 12.7 Å². The first-order valence-corrected chi connectivity index (χ1v) is 14.2. The van der Waals surface area contributed by atoms with Crippen LogP contribution in [0.15, 0.2) is 73.2 Å². The molecule has 0 amide bonds. The van der Waals surface area contributed by atoms with Gasteiger partial charge in [0.05, 0.1) is 22.7 Å². The van der Waals surface area contributed by atoms with Crippen LogP contribution in [0.1, 0.15) is 11.1 Å². The van der Waals surface area contributed by atoms with E-state index in [-0.39, 0.29) is 12.2 Å². The second-order valence-electron chi connectivity index (χ2n) is 9.56. The van der Waals surface area contributed by atoms with Crippen molar-refractivity contribution in [3.8, 4) is 33.8 Å². The van der Waals surface area contributed by atoms with Gasteiger partial charge in [-0.3, -0.25) is 15.1 Å². The number of halogens is 1. The maximum Gasteiger partial charge on any atom is 0.147 e. The highest BCUT2D eigenvalue weighted by Gasteiger charge is 2.16. The Morgan fingerprint density at radius 2 is 1.74 bits per heavy atom. The number of aromatic amines is 2. The standard InChI is InChI=1S/C29H24FN5O2S/c1-17-5-8-31-16-24(17)19-3-4-26-22(14-19)29(35-34-26)27-15-23-25(33-27)6-9-32-28(23)20-11-18(12-21(30)13-20)7-10-38(2,36)37/h3-6,8-9,11-16,33H,7,10H2,1-2H3,(H,34,35). The normalized spacial score (nSPS) is 12.0. The highest BCUT2D eigenvalue weighted by molar-refractivity contribution is 7.90. The zero-order chi connectivity index (χ0) is 26.4. The minimum atomic E-state index is -3.17. The van der Waals surface area contributed by atoms with Gasteiger partial charge >= 0.3 is 0 Å². The first kappa shape index (κ1) is 24.0. The molecule has 0 radical (unpaired) electrons. The third-order valence-corrected chi connectivity index (χ3v) is 7.65. The lowest BCUT2D eigenvalue weighted by molar-refractivity contribution is 0.600. The van der Waals surface area contributed by atoms with Crippen molar-refractivity contribution in [3.05, 3.63) is 90.1 Å². The molecule has 0 aliphatic rings. The monoisotopic (exact) mass is 525 g/mol. The molecule has 6 rings (SSSR count). The molecule has 4 aromatic heterocycles. The van der Waals surface area contributed by atoms with E-state index in [9.17, 15) is 12.8 Å². The second-order valence-corrected chi connectivity index (χ2v) is 11.8. The highest BCUT2D eigenvalue weighted by atomic mass is 32.2. The van der Waals surface area contributed by atoms with Gasteiger partial charge in [-0.1, -0.05) is 6.07 Å². The van der Waals surface area contributed by atoms with E-state index in [0.717, 1.165) is 49.9 Å². The number of nitrogens with zero attached hydrogens (tertiary/aromatic N) is 3. The van der Waals surface area contributed by atoms with Gasteiger partial charge in [0.25, 0.3) is 0 Å². The average molecular weight is 526 g/mol. The summed E-state index contributed by atoms with van der Waals surface area (Å²) < 4.78 is 37.8. The minimum absolute atomic E-state index is 0.0470. The van der Waals surface area contributed by atoms with Crippen molar-refractivity contribution in [2.24, 2.45) is 0 Å². The summed E-state index contributed by atoms with van der Waals surface area (Å²) in [7, 11) is -3.17. The van der Waals surface area contributed by atoms with Crippen molar-refractivity contribution in [2.75, 3.05) is 12.0 Å². The van der Waals surface area contributed by atoms with Crippen LogP contribution in [0.25, 0.3) is 55.6 Å². The molecule has 0 aliphatic carbocycles. The summed E-state index contributed by atoms with van der Waals surface area (Å²) in [5.41, 5.74) is 8.35. The molecule has 2 N–H and O–H groups in total. The molecule has 0 spiro atoms. The summed E-state index contributed by atoms with van der Waals surface area (Å²) in [6.07, 6.45) is 6.72. The number of pyridine rings is 2. The number of H-pyrrole nitrogens is 2. The van der Waals surface area contributed by atoms with Crippen LogP contribution in [-0.4, -0.2) is 45.6 Å². The number of fused-ring (bicyclic) bond motifs is 2. The predicted molar refractivity (Wildman–Crippen MR) is 148 cm³/mol. The first-order chi connectivity index (χ1) is 18.2. The zero-order valence-corrected chi connectivity index (χ0v) is 21.6. The number of rotatable bonds is 6. The van der Waals surface area contributed by atoms with Crippen LogP contribution in [0.5, 0.6) is 0 Å². The first-order valence-electron chi connectivity index (χ1n) is 12.1. The Morgan fingerprint density at radius 3 is 2.55 bits per heavy atom. The van der Waals surface area contributed by atoms with Crippen LogP contribution in [0.4, 0.5) is 4.39 Å². The van der Waals surface area contributed by atoms with Gasteiger partial charge in [0.1, 0.15) is 21.3 Å². The van der Waals surface area contributed by atoms with Gasteiger partial charge in [0, 0.05) is 52.3 Å². The van der Waals surface area contributed by atoms with E-state index in [0.29, 0.717) is 16.8 Å². The Kier molecular flexibility index (Phi) is 5.80. The van der Waals surface area contributed by atoms with Crippen molar-refractivity contribution in [1.82, 2.24) is 25.1 Å². The molecular formula is C29H24FN5O2S. The Labute approximate surface area is 218 Å². The summed E-state index contributed by atoms with van der Waals surface area (Å²) in [5.74, 6) is -0.480. The maximum atomic E-state index is 14.5. The third kappa shape index (κ3) is 4.56. The number of benzene rings is 2. The number of aromatic nitrogens is 5. The van der Waals surface area contributed by atoms with E-state index in [4.69, 9.17) is 0 Å². The summed E-state index contributed by atoms with van der Waals surface area (Å²) in [6, 6.07) is 16.6. The maximum absolute atomic E-state index is 14.5. The predicted octanol–water partition coefficient (Wildman–Crippen LogP) is 5.87. The number of sulfone groups is 1. The SMILES string of the molecule is Cc1ccncc1-c1ccc2[nH]nc(-c3cc4c(-c5cc(F)cc(CCS(C)(=O)=O)c5)nccc4[nH]3)c2c1. The van der Waals surface area contributed by atoms with E-state index in [2.05, 4.69) is 38.1 Å². The molecule has 0 saturated carbocycles. The molecule has 4 heterocycles. The van der Waals surface area contributed by atoms with E-state index in [1.807, 2.05) is 36.5 Å². The van der Waals surface area contributed by atoms with Crippen molar-refractivity contribution < 1.29 is 12.8 Å². The Morgan fingerprint density at radius 1 is 0.895 bits per heavy atom. The number of hydrogen-bond acceptors (Lipinski definition) is 5. The minimum Gasteiger partial charge on any atom is -0.353 e. The average Bonchev–Trinajstić information content (AvgIpc) is 3.50. The van der Waals surface area contributed by atoms with Gasteiger partial charge in [0.2, 0.25) is 0 Å². The number of hydrogen-bond donors (Lipinski definition) is 2. The molecule has 0 aliphatic heterocycles. The van der Waals surface area contributed by atoms with E-state index in [1.54, 1.807) is 18.5 Å². The molecule has 0 bridgehead atoms. The largest absolute Gasteiger partial charge is 0.353 e. The Bertz CT molecular complexity index is 1940. The van der Waals surface area contributed by atoms with Gasteiger partial charge in [0.15, 0.2) is 0 Å². The summed E-state index contributed by atoms with van der Waals surface area (Å²) in [6.45, 7) is 2.06. The molecule has 0 fully saturated rings. The summed E-state index contributed by atoms with van der Waals surface area (Å²) in [5, 5.41) is 9.47. The van der Waals surface area contributed by atoms with Crippen molar-refractivity contribution in [3.63, 3.8) is 0 Å². The molecule has 38 heavy (non-hydrogen) atoms. The van der Waals surface area contributed by atoms with Crippen molar-refractivity contribution in [2.45, 2.75) is 13.3 Å². The van der Waals surface area contributed by atoms with Gasteiger partial charge < -0.3 is 4.98 Å². The lowest BCUT2D eigenvalue weighted by atomic mass is 10.0. The van der Waals surface area contributed by atoms with E-state index < -0.39 is 15.7 Å². The topological polar surface area (TPSA) is 104 Å². The molecule has 2 aromatic carbocycles. The van der Waals surface area contributed by atoms with Crippen LogP contribution < -0.4 is 0 Å². The molecule has 190 valence electrons. The number of aryl methyl sites for hydroxylation is 2. The van der Waals surface area contributed by atoms with Crippen molar-refractivity contribution in [1.29, 1.82) is 0 Å². The number of nitrogens with one attached hydrogen (secondary N) is 2. The van der Waals surface area contributed by atoms with Crippen LogP contribution in [0.2, 0.25) is 0 Å². The fraction of sp³-hybridized carbons (Fsp3) is 0.138. The lowest BCUT2D eigenvalue weighted by Crippen LogP contribution is -2.06. The van der Waals surface area contributed by atoms with Crippen LogP contribution in [-0.2, 0) is 16.3 Å². The van der Waals surface area contributed by atoms with Gasteiger partial charge in [-0.2, -0.15) is 5.10 Å². The quantitative estimate of drug-likeness (QED) is 0.283. The summed E-state index contributed by atoms with van der Waals surface area (Å²) >= 11 is 0. The molecule has 0 unspecified atom stereocenters. The fourth-order valence-electron chi connectivity index (χ4n) is 4.80. The van der Waals surface area contributed by atoms with Crippen molar-refractivity contribution >= 4 is 31.6 Å².